The second-order valence-corrected chi connectivity index (χ2v) is 19.7. The van der Waals surface area contributed by atoms with Gasteiger partial charge in [0.05, 0.1) is 53.5 Å². The number of hydrogen-bond acceptors (Lipinski definition) is 7. The summed E-state index contributed by atoms with van der Waals surface area (Å²) in [5, 5.41) is 5.87. The van der Waals surface area contributed by atoms with E-state index in [0.717, 1.165) is 69.4 Å². The van der Waals surface area contributed by atoms with Gasteiger partial charge in [-0.25, -0.2) is 13.6 Å². The molecule has 6 aromatic carbocycles. The van der Waals surface area contributed by atoms with Gasteiger partial charge in [0.1, 0.15) is 5.82 Å². The monoisotopic (exact) mass is 968 g/mol. The number of phosphoric ester groups is 1. The molecule has 0 aliphatic carbocycles. The minimum Gasteiger partial charge on any atom is -0.284 e. The zero-order valence-corrected chi connectivity index (χ0v) is 40.5. The summed E-state index contributed by atoms with van der Waals surface area (Å²) in [5.41, 5.74) is 8.20. The predicted octanol–water partition coefficient (Wildman–Crippen LogP) is 14.1. The van der Waals surface area contributed by atoms with Crippen LogP contribution < -0.4 is 0 Å². The second kappa shape index (κ2) is 19.7. The summed E-state index contributed by atoms with van der Waals surface area (Å²) in [6.45, 7) is 10.3. The number of para-hydroxylation sites is 1. The first-order valence-electron chi connectivity index (χ1n) is 23.3. The Morgan fingerprint density at radius 1 is 0.729 bits per heavy atom. The Bertz CT molecular complexity index is 3190. The Hall–Kier alpha value is -6.47. The standard InChI is InChI=1S/C56H53F4N4O5P/c1-6-40-22-16-23-41(7-2)50(40)64-51(48-33-62(55(4,5)53(48)61-64)32-42-25-26-44(31-37(42)3)56(58,59)60)46-27-28-49(57)52-47(46)29-30-63(52)54(65)45-24-15-14-21-43(45)36-69-70(66,67-34-38-17-10-8-11-18-38)68-35-39-19-12-9-13-20-39/h8-31H,6-7,32-36H2,1-5H3. The number of fused-ring (bicyclic) bond motifs is 2. The van der Waals surface area contributed by atoms with Gasteiger partial charge in [-0.05, 0) is 109 Å². The van der Waals surface area contributed by atoms with E-state index in [1.165, 1.54) is 16.7 Å². The summed E-state index contributed by atoms with van der Waals surface area (Å²) >= 11 is 0. The summed E-state index contributed by atoms with van der Waals surface area (Å²) in [6, 6.07) is 40.0. The smallest absolute Gasteiger partial charge is 0.284 e. The van der Waals surface area contributed by atoms with Crippen molar-refractivity contribution in [3.05, 3.63) is 213 Å². The Labute approximate surface area is 404 Å². The number of alkyl halides is 3. The van der Waals surface area contributed by atoms with Crippen molar-refractivity contribution in [1.82, 2.24) is 19.2 Å². The lowest BCUT2D eigenvalue weighted by atomic mass is 9.96. The maximum Gasteiger partial charge on any atom is 0.475 e. The van der Waals surface area contributed by atoms with Crippen molar-refractivity contribution in [2.24, 2.45) is 0 Å². The first-order valence-corrected chi connectivity index (χ1v) is 24.8. The third-order valence-electron chi connectivity index (χ3n) is 13.3. The van der Waals surface area contributed by atoms with Gasteiger partial charge in [0.2, 0.25) is 0 Å². The molecule has 1 aliphatic rings. The van der Waals surface area contributed by atoms with Crippen LogP contribution in [0.5, 0.6) is 0 Å². The van der Waals surface area contributed by atoms with E-state index in [4.69, 9.17) is 18.7 Å². The van der Waals surface area contributed by atoms with E-state index in [1.807, 2.05) is 71.4 Å². The van der Waals surface area contributed by atoms with Crippen molar-refractivity contribution in [3.8, 4) is 16.9 Å². The summed E-state index contributed by atoms with van der Waals surface area (Å²) in [5.74, 6) is -1.16. The molecule has 9 rings (SSSR count). The highest BCUT2D eigenvalue weighted by Gasteiger charge is 2.44. The zero-order chi connectivity index (χ0) is 49.4. The summed E-state index contributed by atoms with van der Waals surface area (Å²) in [7, 11) is -4.23. The fourth-order valence-electron chi connectivity index (χ4n) is 9.36. The summed E-state index contributed by atoms with van der Waals surface area (Å²) in [6.07, 6.45) is -1.47. The molecule has 0 saturated carbocycles. The van der Waals surface area contributed by atoms with Crippen molar-refractivity contribution >= 4 is 24.6 Å². The van der Waals surface area contributed by atoms with Crippen LogP contribution in [0, 0.1) is 12.7 Å². The van der Waals surface area contributed by atoms with Gasteiger partial charge < -0.3 is 0 Å². The van der Waals surface area contributed by atoms with Gasteiger partial charge in [0.25, 0.3) is 5.91 Å². The highest BCUT2D eigenvalue weighted by molar-refractivity contribution is 7.48. The molecule has 14 heteroatoms. The van der Waals surface area contributed by atoms with Gasteiger partial charge in [-0.15, -0.1) is 0 Å². The lowest BCUT2D eigenvalue weighted by molar-refractivity contribution is -0.137. The fourth-order valence-corrected chi connectivity index (χ4v) is 10.5. The lowest BCUT2D eigenvalue weighted by Crippen LogP contribution is -2.36. The van der Waals surface area contributed by atoms with E-state index >= 15 is 4.39 Å². The molecule has 9 nitrogen and oxygen atoms in total. The van der Waals surface area contributed by atoms with Gasteiger partial charge in [-0.3, -0.25) is 27.8 Å². The third kappa shape index (κ3) is 9.56. The average molecular weight is 969 g/mol. The van der Waals surface area contributed by atoms with Gasteiger partial charge in [0, 0.05) is 41.4 Å². The van der Waals surface area contributed by atoms with E-state index in [2.05, 4.69) is 44.7 Å². The van der Waals surface area contributed by atoms with Crippen LogP contribution in [0.25, 0.3) is 27.8 Å². The van der Waals surface area contributed by atoms with Crippen molar-refractivity contribution in [3.63, 3.8) is 0 Å². The Morgan fingerprint density at radius 3 is 1.94 bits per heavy atom. The predicted molar refractivity (Wildman–Crippen MR) is 263 cm³/mol. The topological polar surface area (TPSA) is 87.8 Å². The van der Waals surface area contributed by atoms with Gasteiger partial charge in [0.15, 0.2) is 0 Å². The van der Waals surface area contributed by atoms with Crippen LogP contribution in [-0.2, 0) is 75.6 Å². The number of benzene rings is 6. The average Bonchev–Trinajstić information content (AvgIpc) is 4.05. The van der Waals surface area contributed by atoms with Gasteiger partial charge >= 0.3 is 14.0 Å². The molecule has 0 bridgehead atoms. The highest BCUT2D eigenvalue weighted by Crippen LogP contribution is 2.52. The molecule has 360 valence electrons. The molecule has 0 radical (unpaired) electrons. The molecule has 0 amide bonds. The van der Waals surface area contributed by atoms with Crippen LogP contribution >= 0.6 is 7.82 Å². The van der Waals surface area contributed by atoms with E-state index < -0.39 is 36.8 Å². The van der Waals surface area contributed by atoms with Crippen LogP contribution in [0.1, 0.15) is 93.8 Å². The maximum atomic E-state index is 16.6. The van der Waals surface area contributed by atoms with Gasteiger partial charge in [-0.1, -0.05) is 117 Å². The molecule has 0 atom stereocenters. The number of nitrogens with zero attached hydrogens (tertiary/aromatic N) is 4. The molecule has 3 heterocycles. The number of carbonyl (C=O) groups excluding carboxylic acids is 1. The lowest BCUT2D eigenvalue weighted by Gasteiger charge is -2.32. The molecule has 0 saturated heterocycles. The first kappa shape index (κ1) is 48.5. The first-order chi connectivity index (χ1) is 33.6. The van der Waals surface area contributed by atoms with E-state index in [9.17, 15) is 22.5 Å². The third-order valence-corrected chi connectivity index (χ3v) is 14.6. The molecule has 0 fully saturated rings. The molecule has 0 unspecified atom stereocenters. The molecule has 8 aromatic rings. The molecule has 0 spiro atoms. The van der Waals surface area contributed by atoms with Crippen molar-refractivity contribution < 1.29 is 40.5 Å². The zero-order valence-electron chi connectivity index (χ0n) is 39.6. The molecular weight excluding hydrogens is 916 g/mol. The molecule has 0 N–H and O–H groups in total. The van der Waals surface area contributed by atoms with E-state index in [-0.39, 0.29) is 30.9 Å². The van der Waals surface area contributed by atoms with E-state index in [0.29, 0.717) is 35.2 Å². The summed E-state index contributed by atoms with van der Waals surface area (Å²) in [4.78, 5) is 17.0. The van der Waals surface area contributed by atoms with Crippen LogP contribution in [0.2, 0.25) is 0 Å². The number of carbonyl (C=O) groups is 1. The molecule has 1 aliphatic heterocycles. The van der Waals surface area contributed by atoms with Crippen molar-refractivity contribution in [2.45, 2.75) is 92.1 Å². The number of hydrogen-bond donors (Lipinski definition) is 0. The van der Waals surface area contributed by atoms with Crippen LogP contribution in [0.4, 0.5) is 17.6 Å². The molecular formula is C56H53F4N4O5P. The largest absolute Gasteiger partial charge is 0.475 e. The normalized spacial score (nSPS) is 13.8. The number of aromatic nitrogens is 3. The number of rotatable bonds is 16. The number of aryl methyl sites for hydroxylation is 3. The van der Waals surface area contributed by atoms with Crippen molar-refractivity contribution in [2.75, 3.05) is 0 Å². The number of phosphoric acid groups is 1. The van der Waals surface area contributed by atoms with Crippen LogP contribution in [0.15, 0.2) is 146 Å². The highest BCUT2D eigenvalue weighted by atomic mass is 31.2. The Kier molecular flexibility index (Phi) is 13.7. The fraction of sp³-hybridized carbons (Fsp3) is 0.250. The SMILES string of the molecule is CCc1cccc(CC)c1-n1nc2c(c1-c1ccc(F)c3c1ccn3C(=O)c1ccccc1COP(=O)(OCc1ccccc1)OCc1ccccc1)CN(Cc1ccc(C(F)(F)F)cc1C)C2(C)C. The molecule has 2 aromatic heterocycles. The Balaban J connectivity index is 1.09. The van der Waals surface area contributed by atoms with Crippen LogP contribution in [0.3, 0.4) is 0 Å². The second-order valence-electron chi connectivity index (χ2n) is 18.0. The molecule has 70 heavy (non-hydrogen) atoms. The van der Waals surface area contributed by atoms with E-state index in [1.54, 1.807) is 55.6 Å². The van der Waals surface area contributed by atoms with Crippen LogP contribution in [-0.4, -0.2) is 25.2 Å². The quantitative estimate of drug-likeness (QED) is 0.0704. The maximum absolute atomic E-state index is 16.6. The minimum absolute atomic E-state index is 0.0509. The van der Waals surface area contributed by atoms with Gasteiger partial charge in [-0.2, -0.15) is 18.3 Å². The van der Waals surface area contributed by atoms with Crippen molar-refractivity contribution in [1.29, 1.82) is 0 Å². The number of halogens is 4. The summed E-state index contributed by atoms with van der Waals surface area (Å²) < 4.78 is 92.8. The minimum atomic E-state index is -4.46. The Morgan fingerprint density at radius 2 is 1.33 bits per heavy atom.